The number of rotatable bonds is 6. The van der Waals surface area contributed by atoms with Crippen LogP contribution in [0.25, 0.3) is 11.4 Å². The first-order valence-corrected chi connectivity index (χ1v) is 10.1. The second-order valence-electron chi connectivity index (χ2n) is 6.80. The van der Waals surface area contributed by atoms with Crippen LogP contribution in [0.5, 0.6) is 5.75 Å². The number of aromatic nitrogens is 2. The first-order chi connectivity index (χ1) is 14.0. The Morgan fingerprint density at radius 1 is 1.31 bits per heavy atom. The summed E-state index contributed by atoms with van der Waals surface area (Å²) in [4.78, 5) is 18.7. The molecule has 1 saturated heterocycles. The van der Waals surface area contributed by atoms with E-state index in [-0.39, 0.29) is 17.6 Å². The van der Waals surface area contributed by atoms with E-state index in [0.29, 0.717) is 47.9 Å². The Labute approximate surface area is 175 Å². The summed E-state index contributed by atoms with van der Waals surface area (Å²) in [5.41, 5.74) is 1.60. The highest BCUT2D eigenvalue weighted by molar-refractivity contribution is 9.10. The molecule has 0 saturated carbocycles. The molecular formula is C21H19BrFN3O3. The summed E-state index contributed by atoms with van der Waals surface area (Å²) < 4.78 is 24.8. The Hall–Kier alpha value is -2.74. The van der Waals surface area contributed by atoms with Crippen molar-refractivity contribution in [3.05, 3.63) is 64.2 Å². The van der Waals surface area contributed by atoms with Crippen LogP contribution in [0.1, 0.15) is 30.7 Å². The zero-order valence-corrected chi connectivity index (χ0v) is 17.4. The van der Waals surface area contributed by atoms with Gasteiger partial charge in [0.25, 0.3) is 0 Å². The van der Waals surface area contributed by atoms with Gasteiger partial charge in [0, 0.05) is 30.6 Å². The van der Waals surface area contributed by atoms with Crippen molar-refractivity contribution in [2.45, 2.75) is 25.8 Å². The number of hydrogen-bond donors (Lipinski definition) is 0. The van der Waals surface area contributed by atoms with Crippen molar-refractivity contribution in [2.24, 2.45) is 0 Å². The highest BCUT2D eigenvalue weighted by Gasteiger charge is 2.34. The minimum absolute atomic E-state index is 0.0329. The van der Waals surface area contributed by atoms with Crippen LogP contribution < -0.4 is 4.74 Å². The third kappa shape index (κ3) is 4.17. The molecule has 1 aliphatic heterocycles. The quantitative estimate of drug-likeness (QED) is 0.540. The van der Waals surface area contributed by atoms with Crippen LogP contribution in [0, 0.1) is 5.82 Å². The largest absolute Gasteiger partial charge is 0.494 e. The Bertz CT molecular complexity index is 1040. The summed E-state index contributed by atoms with van der Waals surface area (Å²) in [7, 11) is 0. The lowest BCUT2D eigenvalue weighted by atomic mass is 10.1. The third-order valence-electron chi connectivity index (χ3n) is 4.82. The number of carbonyl (C=O) groups excluding carboxylic acids is 1. The van der Waals surface area contributed by atoms with Gasteiger partial charge in [0.15, 0.2) is 0 Å². The van der Waals surface area contributed by atoms with Crippen molar-refractivity contribution >= 4 is 21.8 Å². The predicted molar refractivity (Wildman–Crippen MR) is 108 cm³/mol. The maximum atomic E-state index is 13.4. The monoisotopic (exact) mass is 459 g/mol. The van der Waals surface area contributed by atoms with E-state index in [1.807, 2.05) is 31.2 Å². The van der Waals surface area contributed by atoms with Gasteiger partial charge in [-0.1, -0.05) is 23.4 Å². The molecule has 0 radical (unpaired) electrons. The fourth-order valence-electron chi connectivity index (χ4n) is 3.38. The molecule has 0 N–H and O–H groups in total. The number of benzene rings is 2. The van der Waals surface area contributed by atoms with E-state index >= 15 is 0 Å². The van der Waals surface area contributed by atoms with Crippen molar-refractivity contribution in [1.82, 2.24) is 15.0 Å². The Morgan fingerprint density at radius 2 is 2.14 bits per heavy atom. The maximum absolute atomic E-state index is 13.4. The molecule has 6 nitrogen and oxygen atoms in total. The van der Waals surface area contributed by atoms with Crippen LogP contribution in [-0.4, -0.2) is 34.1 Å². The number of para-hydroxylation sites is 1. The zero-order chi connectivity index (χ0) is 20.4. The number of ether oxygens (including phenoxy) is 1. The number of halogens is 2. The van der Waals surface area contributed by atoms with Crippen LogP contribution >= 0.6 is 15.9 Å². The number of hydrogen-bond acceptors (Lipinski definition) is 5. The molecule has 0 bridgehead atoms. The van der Waals surface area contributed by atoms with Gasteiger partial charge in [-0.15, -0.1) is 0 Å². The fraction of sp³-hybridized carbons (Fsp3) is 0.286. The van der Waals surface area contributed by atoms with Crippen LogP contribution in [-0.2, 0) is 11.3 Å². The summed E-state index contributed by atoms with van der Waals surface area (Å²) in [5, 5.41) is 4.00. The van der Waals surface area contributed by atoms with E-state index in [1.54, 1.807) is 17.0 Å². The topological polar surface area (TPSA) is 68.5 Å². The van der Waals surface area contributed by atoms with Gasteiger partial charge in [-0.05, 0) is 47.1 Å². The SMILES string of the molecule is CCOc1ccccc1CN1CC(c2nc(-c3ccc(F)c(Br)c3)no2)CC1=O. The molecule has 8 heteroatoms. The molecule has 1 unspecified atom stereocenters. The van der Waals surface area contributed by atoms with Gasteiger partial charge in [0.1, 0.15) is 11.6 Å². The number of likely N-dealkylation sites (tertiary alicyclic amines) is 1. The van der Waals surface area contributed by atoms with Crippen molar-refractivity contribution in [1.29, 1.82) is 0 Å². The lowest BCUT2D eigenvalue weighted by molar-refractivity contribution is -0.128. The van der Waals surface area contributed by atoms with E-state index in [9.17, 15) is 9.18 Å². The molecule has 3 aromatic rings. The van der Waals surface area contributed by atoms with Crippen LogP contribution in [0.15, 0.2) is 51.5 Å². The maximum Gasteiger partial charge on any atom is 0.232 e. The standard InChI is InChI=1S/C21H19BrFN3O3/c1-2-28-18-6-4-3-5-14(18)11-26-12-15(10-19(26)27)21-24-20(25-29-21)13-7-8-17(23)16(22)9-13/h3-9,15H,2,10-12H2,1H3. The van der Waals surface area contributed by atoms with Crippen molar-refractivity contribution in [2.75, 3.05) is 13.2 Å². The molecule has 4 rings (SSSR count). The van der Waals surface area contributed by atoms with Crippen LogP contribution in [0.4, 0.5) is 4.39 Å². The van der Waals surface area contributed by atoms with E-state index < -0.39 is 0 Å². The summed E-state index contributed by atoms with van der Waals surface area (Å²) in [5.74, 6) is 1.07. The molecule has 150 valence electrons. The smallest absolute Gasteiger partial charge is 0.232 e. The van der Waals surface area contributed by atoms with Gasteiger partial charge in [0.05, 0.1) is 17.0 Å². The Kier molecular flexibility index (Phi) is 5.62. The minimum Gasteiger partial charge on any atom is -0.494 e. The van der Waals surface area contributed by atoms with E-state index in [0.717, 1.165) is 11.3 Å². The molecule has 1 amide bonds. The average Bonchev–Trinajstić information content (AvgIpc) is 3.33. The number of nitrogens with zero attached hydrogens (tertiary/aromatic N) is 3. The summed E-state index contributed by atoms with van der Waals surface area (Å²) in [6.07, 6.45) is 0.311. The minimum atomic E-state index is -0.359. The second kappa shape index (κ2) is 8.32. The van der Waals surface area contributed by atoms with E-state index in [1.165, 1.54) is 6.07 Å². The molecule has 0 aliphatic carbocycles. The Morgan fingerprint density at radius 3 is 2.93 bits per heavy atom. The predicted octanol–water partition coefficient (Wildman–Crippen LogP) is 4.55. The molecule has 2 heterocycles. The normalized spacial score (nSPS) is 16.4. The highest BCUT2D eigenvalue weighted by Crippen LogP contribution is 2.31. The molecule has 0 spiro atoms. The third-order valence-corrected chi connectivity index (χ3v) is 5.42. The molecule has 29 heavy (non-hydrogen) atoms. The highest BCUT2D eigenvalue weighted by atomic mass is 79.9. The van der Waals surface area contributed by atoms with Crippen LogP contribution in [0.3, 0.4) is 0 Å². The van der Waals surface area contributed by atoms with Crippen molar-refractivity contribution in [3.8, 4) is 17.1 Å². The summed E-state index contributed by atoms with van der Waals surface area (Å²) in [6.45, 7) is 3.46. The summed E-state index contributed by atoms with van der Waals surface area (Å²) >= 11 is 3.16. The average molecular weight is 460 g/mol. The number of carbonyl (C=O) groups is 1. The van der Waals surface area contributed by atoms with Gasteiger partial charge in [0.2, 0.25) is 17.6 Å². The zero-order valence-electron chi connectivity index (χ0n) is 15.8. The van der Waals surface area contributed by atoms with Gasteiger partial charge < -0.3 is 14.2 Å². The van der Waals surface area contributed by atoms with Gasteiger partial charge in [-0.2, -0.15) is 4.98 Å². The van der Waals surface area contributed by atoms with Gasteiger partial charge in [-0.25, -0.2) is 4.39 Å². The van der Waals surface area contributed by atoms with E-state index in [4.69, 9.17) is 9.26 Å². The fourth-order valence-corrected chi connectivity index (χ4v) is 3.76. The Balaban J connectivity index is 1.49. The molecular weight excluding hydrogens is 441 g/mol. The van der Waals surface area contributed by atoms with Gasteiger partial charge in [-0.3, -0.25) is 4.79 Å². The van der Waals surface area contributed by atoms with Crippen molar-refractivity contribution < 1.29 is 18.4 Å². The first-order valence-electron chi connectivity index (χ1n) is 9.32. The lowest BCUT2D eigenvalue weighted by Gasteiger charge is -2.18. The van der Waals surface area contributed by atoms with Crippen molar-refractivity contribution in [3.63, 3.8) is 0 Å². The summed E-state index contributed by atoms with van der Waals surface area (Å²) in [6, 6.07) is 12.2. The molecule has 1 atom stereocenters. The lowest BCUT2D eigenvalue weighted by Crippen LogP contribution is -2.24. The molecule has 2 aromatic carbocycles. The van der Waals surface area contributed by atoms with E-state index in [2.05, 4.69) is 26.1 Å². The molecule has 1 fully saturated rings. The first kappa shape index (κ1) is 19.6. The molecule has 1 aliphatic rings. The second-order valence-corrected chi connectivity index (χ2v) is 7.66. The van der Waals surface area contributed by atoms with Crippen LogP contribution in [0.2, 0.25) is 0 Å². The molecule has 1 aromatic heterocycles. The van der Waals surface area contributed by atoms with Gasteiger partial charge >= 0.3 is 0 Å². The number of amides is 1.